The lowest BCUT2D eigenvalue weighted by molar-refractivity contribution is 0.453. The van der Waals surface area contributed by atoms with Gasteiger partial charge in [0.25, 0.3) is 0 Å². The van der Waals surface area contributed by atoms with Gasteiger partial charge in [0.05, 0.1) is 0 Å². The van der Waals surface area contributed by atoms with E-state index in [4.69, 9.17) is 0 Å². The van der Waals surface area contributed by atoms with Gasteiger partial charge in [-0.05, 0) is 47.4 Å². The average Bonchev–Trinajstić information content (AvgIpc) is 2.65. The third-order valence-corrected chi connectivity index (χ3v) is 4.14. The first-order chi connectivity index (χ1) is 8.88. The highest BCUT2D eigenvalue weighted by atomic mass is 14.9. The maximum atomic E-state index is 4.40. The molecular weight excluding hydrogens is 220 g/mol. The van der Waals surface area contributed by atoms with E-state index in [0.29, 0.717) is 11.8 Å². The van der Waals surface area contributed by atoms with Crippen LogP contribution in [0.25, 0.3) is 0 Å². The third kappa shape index (κ3) is 2.13. The van der Waals surface area contributed by atoms with E-state index < -0.39 is 0 Å². The van der Waals surface area contributed by atoms with Gasteiger partial charge < -0.3 is 5.32 Å². The molecule has 1 aliphatic carbocycles. The molecule has 0 radical (unpaired) electrons. The highest BCUT2D eigenvalue weighted by Gasteiger charge is 2.32. The predicted octanol–water partition coefficient (Wildman–Crippen LogP) is 2.94. The Hall–Kier alpha value is -1.41. The number of aromatic nitrogens is 1. The molecule has 94 valence electrons. The van der Waals surface area contributed by atoms with Crippen molar-refractivity contribution in [3.05, 3.63) is 53.3 Å². The molecule has 1 fully saturated rings. The summed E-state index contributed by atoms with van der Waals surface area (Å²) in [5.74, 6) is 1.38. The van der Waals surface area contributed by atoms with Crippen LogP contribution in [0.5, 0.6) is 0 Å². The Morgan fingerprint density at radius 3 is 2.72 bits per heavy atom. The predicted molar refractivity (Wildman–Crippen MR) is 74.2 cm³/mol. The number of piperidine rings is 1. The fraction of sp³-hybridized carbons (Fsp3) is 0.438. The van der Waals surface area contributed by atoms with Gasteiger partial charge in [0.15, 0.2) is 0 Å². The minimum absolute atomic E-state index is 0.684. The summed E-state index contributed by atoms with van der Waals surface area (Å²) in [4.78, 5) is 4.40. The highest BCUT2D eigenvalue weighted by Crippen LogP contribution is 2.42. The summed E-state index contributed by atoms with van der Waals surface area (Å²) in [5.41, 5.74) is 4.29. The van der Waals surface area contributed by atoms with Crippen molar-refractivity contribution in [2.75, 3.05) is 13.1 Å². The number of rotatable bonds is 1. The lowest BCUT2D eigenvalue weighted by Crippen LogP contribution is -2.28. The second-order valence-corrected chi connectivity index (χ2v) is 5.25. The Balaban J connectivity index is 2.11. The van der Waals surface area contributed by atoms with Crippen LogP contribution in [0.3, 0.4) is 0 Å². The fourth-order valence-electron chi connectivity index (χ4n) is 3.14. The van der Waals surface area contributed by atoms with Crippen molar-refractivity contribution in [3.63, 3.8) is 0 Å². The van der Waals surface area contributed by atoms with Gasteiger partial charge in [0.2, 0.25) is 0 Å². The molecule has 3 rings (SSSR count). The van der Waals surface area contributed by atoms with E-state index in [0.717, 1.165) is 19.5 Å². The van der Waals surface area contributed by atoms with Crippen molar-refractivity contribution >= 4 is 0 Å². The molecule has 0 aromatic carbocycles. The molecule has 2 heteroatoms. The summed E-state index contributed by atoms with van der Waals surface area (Å²) in [6.45, 7) is 4.41. The zero-order chi connectivity index (χ0) is 12.4. The van der Waals surface area contributed by atoms with Crippen LogP contribution in [-0.4, -0.2) is 18.1 Å². The Labute approximate surface area is 109 Å². The quantitative estimate of drug-likeness (QED) is 0.816. The van der Waals surface area contributed by atoms with Gasteiger partial charge in [0.1, 0.15) is 0 Å². The summed E-state index contributed by atoms with van der Waals surface area (Å²) in [6, 6.07) is 8.90. The summed E-state index contributed by atoms with van der Waals surface area (Å²) in [6.07, 6.45) is 6.26. The zero-order valence-electron chi connectivity index (χ0n) is 10.9. The topological polar surface area (TPSA) is 24.9 Å². The molecule has 1 saturated heterocycles. The number of hydrogen-bond donors (Lipinski definition) is 1. The number of hydrogen-bond acceptors (Lipinski definition) is 2. The molecule has 0 spiro atoms. The molecule has 0 amide bonds. The van der Waals surface area contributed by atoms with E-state index in [-0.39, 0.29) is 0 Å². The summed E-state index contributed by atoms with van der Waals surface area (Å²) < 4.78 is 0. The van der Waals surface area contributed by atoms with Crippen molar-refractivity contribution in [1.82, 2.24) is 10.3 Å². The second kappa shape index (κ2) is 5.07. The first-order valence-corrected chi connectivity index (χ1v) is 6.90. The van der Waals surface area contributed by atoms with Crippen LogP contribution < -0.4 is 5.32 Å². The molecule has 2 unspecified atom stereocenters. The van der Waals surface area contributed by atoms with Gasteiger partial charge in [-0.1, -0.05) is 25.1 Å². The lowest BCUT2D eigenvalue weighted by Gasteiger charge is -2.19. The molecule has 0 saturated carbocycles. The molecule has 1 aromatic heterocycles. The van der Waals surface area contributed by atoms with E-state index in [1.807, 2.05) is 12.4 Å². The van der Waals surface area contributed by atoms with Crippen LogP contribution in [0.1, 0.15) is 41.9 Å². The molecular formula is C16H20N2. The fourth-order valence-corrected chi connectivity index (χ4v) is 3.14. The van der Waals surface area contributed by atoms with Gasteiger partial charge in [0, 0.05) is 25.5 Å². The van der Waals surface area contributed by atoms with Gasteiger partial charge in [-0.2, -0.15) is 0 Å². The normalized spacial score (nSPS) is 24.3. The molecule has 1 aliphatic heterocycles. The van der Waals surface area contributed by atoms with Crippen LogP contribution in [0.2, 0.25) is 0 Å². The van der Waals surface area contributed by atoms with E-state index in [1.54, 1.807) is 0 Å². The molecule has 18 heavy (non-hydrogen) atoms. The molecule has 2 atom stereocenters. The van der Waals surface area contributed by atoms with Crippen LogP contribution in [0.4, 0.5) is 0 Å². The van der Waals surface area contributed by atoms with Crippen molar-refractivity contribution in [2.45, 2.75) is 31.6 Å². The summed E-state index contributed by atoms with van der Waals surface area (Å²) in [5, 5.41) is 3.53. The van der Waals surface area contributed by atoms with Gasteiger partial charge >= 0.3 is 0 Å². The number of nitrogens with one attached hydrogen (secondary N) is 1. The van der Waals surface area contributed by atoms with Crippen LogP contribution in [0, 0.1) is 0 Å². The van der Waals surface area contributed by atoms with Crippen molar-refractivity contribution in [2.24, 2.45) is 0 Å². The minimum Gasteiger partial charge on any atom is -0.316 e. The Morgan fingerprint density at radius 2 is 1.94 bits per heavy atom. The monoisotopic (exact) mass is 240 g/mol. The largest absolute Gasteiger partial charge is 0.316 e. The molecule has 2 bridgehead atoms. The molecule has 1 aromatic rings. The van der Waals surface area contributed by atoms with Gasteiger partial charge in [-0.15, -0.1) is 0 Å². The number of nitrogens with zero attached hydrogens (tertiary/aromatic N) is 1. The molecule has 2 heterocycles. The first-order valence-electron chi connectivity index (χ1n) is 6.90. The van der Waals surface area contributed by atoms with Crippen LogP contribution in [-0.2, 0) is 6.42 Å². The maximum absolute atomic E-state index is 4.40. The second-order valence-electron chi connectivity index (χ2n) is 5.25. The van der Waals surface area contributed by atoms with Crippen molar-refractivity contribution in [3.8, 4) is 0 Å². The third-order valence-electron chi connectivity index (χ3n) is 4.14. The van der Waals surface area contributed by atoms with Crippen LogP contribution in [0.15, 0.2) is 36.7 Å². The standard InChI is InChI=1S/C16H20N2/c1-2-12-4-3-5-15-13-8-14(11-18-10-13)16(15)6-7-17-9-12/h3-7,9,13-14,18H,2,8,10-11H2,1H3. The van der Waals surface area contributed by atoms with Crippen molar-refractivity contribution in [1.29, 1.82) is 0 Å². The van der Waals surface area contributed by atoms with E-state index in [2.05, 4.69) is 41.5 Å². The molecule has 2 nitrogen and oxygen atoms in total. The Kier molecular flexibility index (Phi) is 3.28. The minimum atomic E-state index is 0.684. The van der Waals surface area contributed by atoms with Crippen LogP contribution >= 0.6 is 0 Å². The van der Waals surface area contributed by atoms with E-state index in [1.165, 1.54) is 23.1 Å². The lowest BCUT2D eigenvalue weighted by atomic mass is 9.97. The molecule has 1 N–H and O–H groups in total. The molecule has 2 aliphatic rings. The average molecular weight is 240 g/mol. The summed E-state index contributed by atoms with van der Waals surface area (Å²) in [7, 11) is 0. The Morgan fingerprint density at radius 1 is 1.17 bits per heavy atom. The maximum Gasteiger partial charge on any atom is 0.0299 e. The summed E-state index contributed by atoms with van der Waals surface area (Å²) >= 11 is 0. The van der Waals surface area contributed by atoms with Gasteiger partial charge in [-0.25, -0.2) is 0 Å². The smallest absolute Gasteiger partial charge is 0.0299 e. The number of fused-ring (bicyclic) bond motifs is 5. The Bertz CT molecular complexity index is 494. The van der Waals surface area contributed by atoms with E-state index in [9.17, 15) is 0 Å². The first kappa shape index (κ1) is 11.7. The zero-order valence-corrected chi connectivity index (χ0v) is 10.9. The van der Waals surface area contributed by atoms with Gasteiger partial charge in [-0.3, -0.25) is 4.98 Å². The van der Waals surface area contributed by atoms with E-state index >= 15 is 0 Å². The SMILES string of the molecule is CCc1cccc2c(ccnc1)C1CNCC2C1. The highest BCUT2D eigenvalue weighted by molar-refractivity contribution is 5.38. The van der Waals surface area contributed by atoms with Crippen molar-refractivity contribution < 1.29 is 0 Å². The number of aryl methyl sites for hydroxylation is 1.